The number of esters is 1. The van der Waals surface area contributed by atoms with Crippen molar-refractivity contribution >= 4 is 5.97 Å². The molecule has 0 aliphatic rings. The van der Waals surface area contributed by atoms with Crippen molar-refractivity contribution in [2.75, 3.05) is 0 Å². The third-order valence-corrected chi connectivity index (χ3v) is 2.81. The van der Waals surface area contributed by atoms with Gasteiger partial charge in [-0.25, -0.2) is 0 Å². The van der Waals surface area contributed by atoms with Crippen LogP contribution in [0.15, 0.2) is 30.5 Å². The maximum absolute atomic E-state index is 11.8. The molecule has 0 aromatic carbocycles. The number of hydrogen-bond acceptors (Lipinski definition) is 6. The van der Waals surface area contributed by atoms with E-state index in [2.05, 4.69) is 29.0 Å². The van der Waals surface area contributed by atoms with Gasteiger partial charge < -0.3 is 4.74 Å². The summed E-state index contributed by atoms with van der Waals surface area (Å²) in [4.78, 5) is 16.0. The van der Waals surface area contributed by atoms with Gasteiger partial charge in [0.05, 0.1) is 12.1 Å². The molecule has 21 heavy (non-hydrogen) atoms. The molecule has 0 bridgehead atoms. The highest BCUT2D eigenvalue weighted by Crippen LogP contribution is 2.13. The van der Waals surface area contributed by atoms with E-state index in [1.165, 1.54) is 12.1 Å². The Morgan fingerprint density at radius 2 is 2.10 bits per heavy atom. The summed E-state index contributed by atoms with van der Waals surface area (Å²) >= 11 is 0. The van der Waals surface area contributed by atoms with Crippen LogP contribution in [0, 0.1) is 11.3 Å². The average molecular weight is 282 g/mol. The Labute approximate surface area is 122 Å². The Morgan fingerprint density at radius 1 is 1.29 bits per heavy atom. The predicted octanol–water partition coefficient (Wildman–Crippen LogP) is 2.01. The van der Waals surface area contributed by atoms with Gasteiger partial charge in [0, 0.05) is 12.3 Å². The van der Waals surface area contributed by atoms with Gasteiger partial charge in [0.15, 0.2) is 5.69 Å². The Hall–Kier alpha value is -2.81. The van der Waals surface area contributed by atoms with Crippen LogP contribution in [0.3, 0.4) is 0 Å². The molecular weight excluding hydrogens is 268 g/mol. The molecular formula is C15H14N4O2. The fraction of sp³-hybridized carbons (Fsp3) is 0.267. The second-order valence-electron chi connectivity index (χ2n) is 4.76. The molecule has 2 aromatic rings. The number of pyridine rings is 1. The standard InChI is InChI=1S/C15H14N4O2/c1-10(2)11-3-4-12(17-9-11)7-15(20)21-14-6-5-13(8-16)18-19-14/h3-6,9-10H,7H2,1-2H3. The smallest absolute Gasteiger partial charge is 0.318 e. The maximum Gasteiger partial charge on any atom is 0.318 e. The monoisotopic (exact) mass is 282 g/mol. The van der Waals surface area contributed by atoms with Gasteiger partial charge in [-0.3, -0.25) is 9.78 Å². The molecule has 0 atom stereocenters. The first-order valence-electron chi connectivity index (χ1n) is 6.48. The molecule has 0 amide bonds. The van der Waals surface area contributed by atoms with Crippen molar-refractivity contribution in [2.24, 2.45) is 0 Å². The summed E-state index contributed by atoms with van der Waals surface area (Å²) in [7, 11) is 0. The summed E-state index contributed by atoms with van der Waals surface area (Å²) in [6.45, 7) is 4.16. The second kappa shape index (κ2) is 6.57. The van der Waals surface area contributed by atoms with Gasteiger partial charge in [0.25, 0.3) is 0 Å². The van der Waals surface area contributed by atoms with E-state index in [9.17, 15) is 4.79 Å². The van der Waals surface area contributed by atoms with E-state index in [1.807, 2.05) is 12.1 Å². The van der Waals surface area contributed by atoms with Gasteiger partial charge in [-0.2, -0.15) is 5.26 Å². The minimum Gasteiger partial charge on any atom is -0.405 e. The lowest BCUT2D eigenvalue weighted by atomic mass is 10.1. The van der Waals surface area contributed by atoms with Gasteiger partial charge >= 0.3 is 5.97 Å². The van der Waals surface area contributed by atoms with E-state index >= 15 is 0 Å². The molecule has 2 rings (SSSR count). The number of rotatable bonds is 4. The van der Waals surface area contributed by atoms with Crippen molar-refractivity contribution in [1.82, 2.24) is 15.2 Å². The van der Waals surface area contributed by atoms with E-state index in [0.717, 1.165) is 5.56 Å². The van der Waals surface area contributed by atoms with Crippen LogP contribution in [0.1, 0.15) is 36.7 Å². The van der Waals surface area contributed by atoms with Crippen LogP contribution < -0.4 is 4.74 Å². The first kappa shape index (κ1) is 14.6. The average Bonchev–Trinajstić information content (AvgIpc) is 2.48. The zero-order chi connectivity index (χ0) is 15.2. The normalized spacial score (nSPS) is 10.2. The van der Waals surface area contributed by atoms with Crippen LogP contribution in [-0.2, 0) is 11.2 Å². The minimum atomic E-state index is -0.473. The Bertz CT molecular complexity index is 658. The number of carbonyl (C=O) groups is 1. The number of hydrogen-bond donors (Lipinski definition) is 0. The number of carbonyl (C=O) groups excluding carboxylic acids is 1. The molecule has 0 unspecified atom stereocenters. The molecule has 0 fully saturated rings. The summed E-state index contributed by atoms with van der Waals surface area (Å²) in [5.74, 6) is -0.0102. The van der Waals surface area contributed by atoms with E-state index in [-0.39, 0.29) is 18.0 Å². The van der Waals surface area contributed by atoms with Crippen molar-refractivity contribution < 1.29 is 9.53 Å². The molecule has 6 nitrogen and oxygen atoms in total. The summed E-state index contributed by atoms with van der Waals surface area (Å²) in [6.07, 6.45) is 1.81. The Kier molecular flexibility index (Phi) is 4.57. The van der Waals surface area contributed by atoms with E-state index in [4.69, 9.17) is 10.00 Å². The minimum absolute atomic E-state index is 0.0556. The van der Waals surface area contributed by atoms with E-state index in [0.29, 0.717) is 11.6 Å². The number of aromatic nitrogens is 3. The highest BCUT2D eigenvalue weighted by molar-refractivity contribution is 5.74. The molecule has 2 heterocycles. The Balaban J connectivity index is 1.96. The first-order valence-corrected chi connectivity index (χ1v) is 6.48. The van der Waals surface area contributed by atoms with Crippen molar-refractivity contribution in [2.45, 2.75) is 26.2 Å². The molecule has 0 aliphatic carbocycles. The largest absolute Gasteiger partial charge is 0.405 e. The van der Waals surface area contributed by atoms with Crippen molar-refractivity contribution in [1.29, 1.82) is 5.26 Å². The summed E-state index contributed by atoms with van der Waals surface area (Å²) in [5.41, 5.74) is 1.91. The van der Waals surface area contributed by atoms with Crippen LogP contribution in [-0.4, -0.2) is 21.2 Å². The van der Waals surface area contributed by atoms with Crippen LogP contribution in [0.4, 0.5) is 0 Å². The topological polar surface area (TPSA) is 88.8 Å². The molecule has 0 aliphatic heterocycles. The molecule has 0 N–H and O–H groups in total. The summed E-state index contributed by atoms with van der Waals surface area (Å²) in [6, 6.07) is 8.46. The van der Waals surface area contributed by atoms with Crippen molar-refractivity contribution in [3.8, 4) is 11.9 Å². The molecule has 0 spiro atoms. The van der Waals surface area contributed by atoms with Crippen LogP contribution in [0.2, 0.25) is 0 Å². The van der Waals surface area contributed by atoms with Crippen LogP contribution in [0.5, 0.6) is 5.88 Å². The highest BCUT2D eigenvalue weighted by Gasteiger charge is 2.09. The van der Waals surface area contributed by atoms with Gasteiger partial charge in [0.2, 0.25) is 5.88 Å². The first-order chi connectivity index (χ1) is 10.1. The zero-order valence-corrected chi connectivity index (χ0v) is 11.8. The third kappa shape index (κ3) is 4.08. The lowest BCUT2D eigenvalue weighted by Gasteiger charge is -2.06. The van der Waals surface area contributed by atoms with Crippen molar-refractivity contribution in [3.63, 3.8) is 0 Å². The molecule has 0 radical (unpaired) electrons. The zero-order valence-electron chi connectivity index (χ0n) is 11.8. The summed E-state index contributed by atoms with van der Waals surface area (Å²) < 4.78 is 5.03. The SMILES string of the molecule is CC(C)c1ccc(CC(=O)Oc2ccc(C#N)nn2)nc1. The molecule has 106 valence electrons. The number of nitrogens with zero attached hydrogens (tertiary/aromatic N) is 4. The van der Waals surface area contributed by atoms with E-state index in [1.54, 1.807) is 12.3 Å². The second-order valence-corrected chi connectivity index (χ2v) is 4.76. The van der Waals surface area contributed by atoms with Gasteiger partial charge in [0.1, 0.15) is 6.07 Å². The lowest BCUT2D eigenvalue weighted by Crippen LogP contribution is -2.13. The lowest BCUT2D eigenvalue weighted by molar-refractivity contribution is -0.134. The molecule has 0 saturated carbocycles. The number of ether oxygens (including phenoxy) is 1. The summed E-state index contributed by atoms with van der Waals surface area (Å²) in [5, 5.41) is 15.8. The molecule has 0 saturated heterocycles. The fourth-order valence-corrected chi connectivity index (χ4v) is 1.62. The Morgan fingerprint density at radius 3 is 2.62 bits per heavy atom. The molecule has 2 aromatic heterocycles. The number of nitriles is 1. The fourth-order valence-electron chi connectivity index (χ4n) is 1.62. The third-order valence-electron chi connectivity index (χ3n) is 2.81. The van der Waals surface area contributed by atoms with Gasteiger partial charge in [-0.1, -0.05) is 19.9 Å². The van der Waals surface area contributed by atoms with Crippen molar-refractivity contribution in [3.05, 3.63) is 47.4 Å². The van der Waals surface area contributed by atoms with Crippen LogP contribution >= 0.6 is 0 Å². The van der Waals surface area contributed by atoms with Crippen LogP contribution in [0.25, 0.3) is 0 Å². The van der Waals surface area contributed by atoms with E-state index < -0.39 is 5.97 Å². The molecule has 6 heteroatoms. The van der Waals surface area contributed by atoms with Gasteiger partial charge in [-0.15, -0.1) is 10.2 Å². The maximum atomic E-state index is 11.8. The predicted molar refractivity (Wildman–Crippen MR) is 74.4 cm³/mol. The highest BCUT2D eigenvalue weighted by atomic mass is 16.5. The quantitative estimate of drug-likeness (QED) is 0.797. The van der Waals surface area contributed by atoms with Gasteiger partial charge in [-0.05, 0) is 23.6 Å².